The van der Waals surface area contributed by atoms with Crippen LogP contribution in [0.15, 0.2) is 18.2 Å². The molecule has 19 heavy (non-hydrogen) atoms. The van der Waals surface area contributed by atoms with Crippen molar-refractivity contribution in [3.05, 3.63) is 34.6 Å². The molecule has 2 rings (SSSR count). The lowest BCUT2D eigenvalue weighted by atomic mass is 10.1. The molecule has 0 spiro atoms. The van der Waals surface area contributed by atoms with Crippen molar-refractivity contribution in [1.82, 2.24) is 10.2 Å². The van der Waals surface area contributed by atoms with Crippen molar-refractivity contribution < 1.29 is 14.0 Å². The summed E-state index contributed by atoms with van der Waals surface area (Å²) in [5.74, 6) is -0.990. The minimum absolute atomic E-state index is 0.0232. The number of benzene rings is 1. The van der Waals surface area contributed by atoms with Crippen LogP contribution < -0.4 is 5.32 Å². The fourth-order valence-corrected chi connectivity index (χ4v) is 2.23. The van der Waals surface area contributed by atoms with E-state index in [1.807, 2.05) is 0 Å². The van der Waals surface area contributed by atoms with Crippen molar-refractivity contribution in [1.29, 1.82) is 0 Å². The first-order valence-corrected chi connectivity index (χ1v) is 6.31. The summed E-state index contributed by atoms with van der Waals surface area (Å²) >= 11 is 5.66. The van der Waals surface area contributed by atoms with Crippen molar-refractivity contribution in [3.63, 3.8) is 0 Å². The van der Waals surface area contributed by atoms with E-state index in [1.165, 1.54) is 12.1 Å². The van der Waals surface area contributed by atoms with Crippen LogP contribution in [0.25, 0.3) is 0 Å². The summed E-state index contributed by atoms with van der Waals surface area (Å²) in [6.07, 6.45) is 0.243. The first-order valence-electron chi connectivity index (χ1n) is 5.93. The van der Waals surface area contributed by atoms with Crippen molar-refractivity contribution in [3.8, 4) is 0 Å². The maximum absolute atomic E-state index is 13.0. The number of rotatable bonds is 3. The molecule has 1 N–H and O–H groups in total. The van der Waals surface area contributed by atoms with Crippen molar-refractivity contribution >= 4 is 23.4 Å². The smallest absolute Gasteiger partial charge is 0.225 e. The number of carbonyl (C=O) groups excluding carboxylic acids is 2. The number of nitrogens with one attached hydrogen (secondary N) is 1. The van der Waals surface area contributed by atoms with Gasteiger partial charge in [0.1, 0.15) is 5.82 Å². The standard InChI is InChI=1S/C13H14ClFN2O2/c1-17-7-9(5-12(17)18)13(19)16-6-8-2-3-11(15)10(14)4-8/h2-4,9H,5-7H2,1H3,(H,16,19). The SMILES string of the molecule is CN1CC(C(=O)NCc2ccc(F)c(Cl)c2)CC1=O. The molecule has 0 aromatic heterocycles. The van der Waals surface area contributed by atoms with Gasteiger partial charge in [-0.1, -0.05) is 17.7 Å². The number of hydrogen-bond donors (Lipinski definition) is 1. The summed E-state index contributed by atoms with van der Waals surface area (Å²) in [6.45, 7) is 0.710. The van der Waals surface area contributed by atoms with Crippen LogP contribution in [-0.2, 0) is 16.1 Å². The lowest BCUT2D eigenvalue weighted by Crippen LogP contribution is -2.31. The summed E-state index contributed by atoms with van der Waals surface area (Å²) < 4.78 is 13.0. The molecule has 0 bridgehead atoms. The van der Waals surface area contributed by atoms with E-state index < -0.39 is 5.82 Å². The Bertz CT molecular complexity index is 521. The molecule has 1 atom stereocenters. The highest BCUT2D eigenvalue weighted by atomic mass is 35.5. The summed E-state index contributed by atoms with van der Waals surface area (Å²) in [5, 5.41) is 2.76. The fourth-order valence-electron chi connectivity index (χ4n) is 2.02. The van der Waals surface area contributed by atoms with Gasteiger partial charge in [0, 0.05) is 26.6 Å². The Morgan fingerprint density at radius 3 is 2.89 bits per heavy atom. The van der Waals surface area contributed by atoms with E-state index >= 15 is 0 Å². The van der Waals surface area contributed by atoms with Crippen LogP contribution in [0, 0.1) is 11.7 Å². The van der Waals surface area contributed by atoms with E-state index in [9.17, 15) is 14.0 Å². The number of nitrogens with zero attached hydrogens (tertiary/aromatic N) is 1. The molecule has 0 saturated carbocycles. The second-order valence-electron chi connectivity index (χ2n) is 4.64. The number of hydrogen-bond acceptors (Lipinski definition) is 2. The Hall–Kier alpha value is -1.62. The molecule has 1 fully saturated rings. The van der Waals surface area contributed by atoms with Gasteiger partial charge < -0.3 is 10.2 Å². The predicted octanol–water partition coefficient (Wildman–Crippen LogP) is 1.57. The minimum atomic E-state index is -0.486. The van der Waals surface area contributed by atoms with Gasteiger partial charge in [0.2, 0.25) is 11.8 Å². The average molecular weight is 285 g/mol. The second-order valence-corrected chi connectivity index (χ2v) is 5.05. The largest absolute Gasteiger partial charge is 0.352 e. The minimum Gasteiger partial charge on any atom is -0.352 e. The van der Waals surface area contributed by atoms with Crippen LogP contribution in [0.2, 0.25) is 5.02 Å². The third-order valence-corrected chi connectivity index (χ3v) is 3.45. The van der Waals surface area contributed by atoms with E-state index in [0.717, 1.165) is 5.56 Å². The van der Waals surface area contributed by atoms with Crippen LogP contribution in [0.4, 0.5) is 4.39 Å². The van der Waals surface area contributed by atoms with Crippen molar-refractivity contribution in [2.45, 2.75) is 13.0 Å². The van der Waals surface area contributed by atoms with Crippen molar-refractivity contribution in [2.24, 2.45) is 5.92 Å². The van der Waals surface area contributed by atoms with Gasteiger partial charge in [-0.15, -0.1) is 0 Å². The molecule has 1 aromatic rings. The zero-order valence-corrected chi connectivity index (χ0v) is 11.2. The first-order chi connectivity index (χ1) is 8.97. The maximum Gasteiger partial charge on any atom is 0.225 e. The normalized spacial score (nSPS) is 18.8. The van der Waals surface area contributed by atoms with E-state index in [2.05, 4.69) is 5.32 Å². The molecule has 6 heteroatoms. The number of amides is 2. The van der Waals surface area contributed by atoms with Crippen LogP contribution in [0.5, 0.6) is 0 Å². The highest BCUT2D eigenvalue weighted by Gasteiger charge is 2.31. The molecule has 1 heterocycles. The van der Waals surface area contributed by atoms with Gasteiger partial charge in [-0.05, 0) is 17.7 Å². The van der Waals surface area contributed by atoms with Gasteiger partial charge in [-0.3, -0.25) is 9.59 Å². The lowest BCUT2D eigenvalue weighted by molar-refractivity contribution is -0.128. The van der Waals surface area contributed by atoms with Crippen LogP contribution in [-0.4, -0.2) is 30.3 Å². The van der Waals surface area contributed by atoms with Gasteiger partial charge in [-0.2, -0.15) is 0 Å². The van der Waals surface area contributed by atoms with Gasteiger partial charge in [0.25, 0.3) is 0 Å². The quantitative estimate of drug-likeness (QED) is 0.916. The molecule has 0 aliphatic carbocycles. The average Bonchev–Trinajstić information content (AvgIpc) is 2.71. The van der Waals surface area contributed by atoms with Gasteiger partial charge in [-0.25, -0.2) is 4.39 Å². The molecule has 102 valence electrons. The summed E-state index contributed by atoms with van der Waals surface area (Å²) in [6, 6.07) is 4.30. The Labute approximate surface area is 115 Å². The highest BCUT2D eigenvalue weighted by Crippen LogP contribution is 2.18. The van der Waals surface area contributed by atoms with E-state index in [1.54, 1.807) is 18.0 Å². The zero-order chi connectivity index (χ0) is 14.0. The monoisotopic (exact) mass is 284 g/mol. The van der Waals surface area contributed by atoms with E-state index in [-0.39, 0.29) is 35.7 Å². The first kappa shape index (κ1) is 13.8. The van der Waals surface area contributed by atoms with E-state index in [4.69, 9.17) is 11.6 Å². The predicted molar refractivity (Wildman–Crippen MR) is 69.0 cm³/mol. The van der Waals surface area contributed by atoms with Gasteiger partial charge >= 0.3 is 0 Å². The Balaban J connectivity index is 1.90. The molecule has 4 nitrogen and oxygen atoms in total. The van der Waals surface area contributed by atoms with Gasteiger partial charge in [0.15, 0.2) is 0 Å². The van der Waals surface area contributed by atoms with E-state index in [0.29, 0.717) is 6.54 Å². The molecule has 1 unspecified atom stereocenters. The molecule has 2 amide bonds. The lowest BCUT2D eigenvalue weighted by Gasteiger charge is -2.11. The van der Waals surface area contributed by atoms with Crippen LogP contribution >= 0.6 is 11.6 Å². The molecular weight excluding hydrogens is 271 g/mol. The zero-order valence-electron chi connectivity index (χ0n) is 10.5. The number of carbonyl (C=O) groups is 2. The highest BCUT2D eigenvalue weighted by molar-refractivity contribution is 6.30. The number of halogens is 2. The molecule has 0 radical (unpaired) electrons. The Kier molecular flexibility index (Phi) is 4.04. The van der Waals surface area contributed by atoms with Gasteiger partial charge in [0.05, 0.1) is 10.9 Å². The molecule has 1 aromatic carbocycles. The topological polar surface area (TPSA) is 49.4 Å². The molecule has 1 aliphatic heterocycles. The summed E-state index contributed by atoms with van der Waals surface area (Å²) in [5.41, 5.74) is 0.720. The summed E-state index contributed by atoms with van der Waals surface area (Å²) in [4.78, 5) is 24.7. The van der Waals surface area contributed by atoms with Crippen LogP contribution in [0.3, 0.4) is 0 Å². The third-order valence-electron chi connectivity index (χ3n) is 3.16. The molecule has 1 aliphatic rings. The molecule has 1 saturated heterocycles. The maximum atomic E-state index is 13.0. The number of likely N-dealkylation sites (tertiary alicyclic amines) is 1. The second kappa shape index (κ2) is 5.57. The van der Waals surface area contributed by atoms with Crippen molar-refractivity contribution in [2.75, 3.05) is 13.6 Å². The Morgan fingerprint density at radius 2 is 2.32 bits per heavy atom. The Morgan fingerprint density at radius 1 is 1.58 bits per heavy atom. The fraction of sp³-hybridized carbons (Fsp3) is 0.385. The van der Waals surface area contributed by atoms with Crippen LogP contribution in [0.1, 0.15) is 12.0 Å². The third kappa shape index (κ3) is 3.23. The molecular formula is C13H14ClFN2O2. The summed E-state index contributed by atoms with van der Waals surface area (Å²) in [7, 11) is 1.68.